The fourth-order valence-electron chi connectivity index (χ4n) is 3.43. The highest BCUT2D eigenvalue weighted by Gasteiger charge is 2.28. The van der Waals surface area contributed by atoms with E-state index in [0.717, 1.165) is 11.3 Å². The summed E-state index contributed by atoms with van der Waals surface area (Å²) in [4.78, 5) is 17.6. The summed E-state index contributed by atoms with van der Waals surface area (Å²) in [6.45, 7) is 3.43. The minimum Gasteiger partial charge on any atom is -0.486 e. The number of aryl methyl sites for hydroxylation is 1. The molecule has 1 saturated heterocycles. The molecule has 0 unspecified atom stereocenters. The van der Waals surface area contributed by atoms with Gasteiger partial charge in [-0.3, -0.25) is 4.79 Å². The number of rotatable bonds is 6. The maximum atomic E-state index is 11.4. The maximum absolute atomic E-state index is 11.4. The lowest BCUT2D eigenvalue weighted by Gasteiger charge is -2.30. The van der Waals surface area contributed by atoms with Crippen LogP contribution in [-0.2, 0) is 11.4 Å². The molecule has 4 rings (SSSR count). The number of nitrogens with zero attached hydrogens (tertiary/aromatic N) is 3. The lowest BCUT2D eigenvalue weighted by atomic mass is 9.96. The molecule has 1 aliphatic heterocycles. The second-order valence-corrected chi connectivity index (χ2v) is 7.32. The van der Waals surface area contributed by atoms with Gasteiger partial charge in [-0.25, -0.2) is 0 Å². The summed E-state index contributed by atoms with van der Waals surface area (Å²) >= 11 is 0. The van der Waals surface area contributed by atoms with Gasteiger partial charge in [0.25, 0.3) is 5.89 Å². The molecule has 2 aromatic heterocycles. The van der Waals surface area contributed by atoms with Crippen LogP contribution in [0.15, 0.2) is 45.2 Å². The van der Waals surface area contributed by atoms with E-state index in [2.05, 4.69) is 11.1 Å². The van der Waals surface area contributed by atoms with E-state index in [9.17, 15) is 10.1 Å². The number of primary amides is 1. The lowest BCUT2D eigenvalue weighted by molar-refractivity contribution is -0.122. The van der Waals surface area contributed by atoms with Crippen LogP contribution in [0.1, 0.15) is 29.9 Å². The second kappa shape index (κ2) is 8.33. The van der Waals surface area contributed by atoms with Crippen LogP contribution in [0.25, 0.3) is 11.7 Å². The molecule has 154 valence electrons. The summed E-state index contributed by atoms with van der Waals surface area (Å²) < 4.78 is 17.4. The Hall–Kier alpha value is -3.73. The fourth-order valence-corrected chi connectivity index (χ4v) is 3.43. The topological polar surface area (TPSA) is 119 Å². The van der Waals surface area contributed by atoms with Crippen LogP contribution >= 0.6 is 0 Å². The third-order valence-electron chi connectivity index (χ3n) is 5.17. The van der Waals surface area contributed by atoms with Crippen LogP contribution < -0.4 is 15.4 Å². The van der Waals surface area contributed by atoms with Crippen molar-refractivity contribution in [2.24, 2.45) is 11.7 Å². The molecule has 3 heterocycles. The molecule has 1 aromatic carbocycles. The predicted octanol–water partition coefficient (Wildman–Crippen LogP) is 3.40. The van der Waals surface area contributed by atoms with Gasteiger partial charge in [0, 0.05) is 19.0 Å². The number of nitrogens with two attached hydrogens (primary N) is 1. The van der Waals surface area contributed by atoms with Crippen molar-refractivity contribution in [1.82, 2.24) is 4.98 Å². The van der Waals surface area contributed by atoms with Crippen LogP contribution in [0.2, 0.25) is 0 Å². The number of piperidine rings is 1. The molecule has 8 nitrogen and oxygen atoms in total. The Labute approximate surface area is 173 Å². The van der Waals surface area contributed by atoms with E-state index in [-0.39, 0.29) is 30.0 Å². The third kappa shape index (κ3) is 4.15. The summed E-state index contributed by atoms with van der Waals surface area (Å²) in [5.41, 5.74) is 6.74. The van der Waals surface area contributed by atoms with Crippen LogP contribution in [0.3, 0.4) is 0 Å². The zero-order valence-corrected chi connectivity index (χ0v) is 16.6. The molecule has 1 aliphatic rings. The van der Waals surface area contributed by atoms with Crippen molar-refractivity contribution in [3.63, 3.8) is 0 Å². The summed E-state index contributed by atoms with van der Waals surface area (Å²) in [5, 5.41) is 9.46. The van der Waals surface area contributed by atoms with E-state index < -0.39 is 0 Å². The van der Waals surface area contributed by atoms with Gasteiger partial charge in [0.1, 0.15) is 24.2 Å². The molecule has 0 aliphatic carbocycles. The molecule has 2 N–H and O–H groups in total. The minimum absolute atomic E-state index is 0.143. The van der Waals surface area contributed by atoms with Crippen molar-refractivity contribution < 1.29 is 18.4 Å². The van der Waals surface area contributed by atoms with E-state index in [1.807, 2.05) is 36.1 Å². The molecule has 0 saturated carbocycles. The second-order valence-electron chi connectivity index (χ2n) is 7.32. The number of anilines is 1. The minimum atomic E-state index is -0.288. The normalized spacial score (nSPS) is 14.5. The molecular formula is C22H22N4O4. The number of hydrogen-bond acceptors (Lipinski definition) is 7. The van der Waals surface area contributed by atoms with E-state index in [4.69, 9.17) is 19.3 Å². The van der Waals surface area contributed by atoms with Gasteiger partial charge in [0.2, 0.25) is 17.5 Å². The molecule has 1 fully saturated rings. The van der Waals surface area contributed by atoms with Crippen LogP contribution in [-0.4, -0.2) is 24.0 Å². The van der Waals surface area contributed by atoms with Gasteiger partial charge in [0.15, 0.2) is 5.76 Å². The van der Waals surface area contributed by atoms with Gasteiger partial charge in [-0.1, -0.05) is 17.7 Å². The Morgan fingerprint density at radius 2 is 1.97 bits per heavy atom. The number of carbonyl (C=O) groups is 1. The Bertz CT molecular complexity index is 1070. The van der Waals surface area contributed by atoms with E-state index in [1.165, 1.54) is 0 Å². The predicted molar refractivity (Wildman–Crippen MR) is 109 cm³/mol. The van der Waals surface area contributed by atoms with Crippen LogP contribution in [0.4, 0.5) is 5.88 Å². The molecular weight excluding hydrogens is 384 g/mol. The number of benzene rings is 1. The number of nitriles is 1. The Morgan fingerprint density at radius 1 is 1.23 bits per heavy atom. The Balaban J connectivity index is 1.45. The highest BCUT2D eigenvalue weighted by atomic mass is 16.5. The quantitative estimate of drug-likeness (QED) is 0.666. The monoisotopic (exact) mass is 406 g/mol. The van der Waals surface area contributed by atoms with Crippen LogP contribution in [0, 0.1) is 24.2 Å². The van der Waals surface area contributed by atoms with Crippen molar-refractivity contribution >= 4 is 11.8 Å². The average Bonchev–Trinajstić information content (AvgIpc) is 3.40. The first-order valence-electron chi connectivity index (χ1n) is 9.77. The summed E-state index contributed by atoms with van der Waals surface area (Å²) in [6, 6.07) is 13.4. The smallest absolute Gasteiger partial charge is 0.266 e. The van der Waals surface area contributed by atoms with Gasteiger partial charge < -0.3 is 24.2 Å². The molecule has 8 heteroatoms. The van der Waals surface area contributed by atoms with Crippen molar-refractivity contribution in [2.45, 2.75) is 26.4 Å². The lowest BCUT2D eigenvalue weighted by Crippen LogP contribution is -2.38. The third-order valence-corrected chi connectivity index (χ3v) is 5.17. The maximum Gasteiger partial charge on any atom is 0.266 e. The summed E-state index contributed by atoms with van der Waals surface area (Å²) in [7, 11) is 0. The number of oxazole rings is 1. The zero-order chi connectivity index (χ0) is 21.1. The van der Waals surface area contributed by atoms with Crippen molar-refractivity contribution in [3.8, 4) is 23.5 Å². The van der Waals surface area contributed by atoms with Crippen molar-refractivity contribution in [2.75, 3.05) is 18.0 Å². The molecule has 0 radical (unpaired) electrons. The summed E-state index contributed by atoms with van der Waals surface area (Å²) in [5.74, 6) is 1.99. The molecule has 3 aromatic rings. The molecule has 1 amide bonds. The van der Waals surface area contributed by atoms with Crippen molar-refractivity contribution in [3.05, 3.63) is 53.4 Å². The summed E-state index contributed by atoms with van der Waals surface area (Å²) in [6.07, 6.45) is 1.25. The first-order valence-corrected chi connectivity index (χ1v) is 9.77. The van der Waals surface area contributed by atoms with Gasteiger partial charge in [-0.2, -0.15) is 10.2 Å². The molecule has 0 spiro atoms. The van der Waals surface area contributed by atoms with E-state index >= 15 is 0 Å². The van der Waals surface area contributed by atoms with Gasteiger partial charge in [-0.05, 0) is 44.0 Å². The molecule has 30 heavy (non-hydrogen) atoms. The largest absolute Gasteiger partial charge is 0.486 e. The standard InChI is InChI=1S/C22H22N4O4/c1-14-2-4-16(5-3-14)28-13-17-6-7-19(29-17)21-25-18(12-23)22(30-21)26-10-8-15(9-11-26)20(24)27/h2-7,15H,8-11,13H2,1H3,(H2,24,27). The zero-order valence-electron chi connectivity index (χ0n) is 16.6. The van der Waals surface area contributed by atoms with Gasteiger partial charge in [-0.15, -0.1) is 0 Å². The Morgan fingerprint density at radius 3 is 2.63 bits per heavy atom. The highest BCUT2D eigenvalue weighted by Crippen LogP contribution is 2.32. The average molecular weight is 406 g/mol. The number of ether oxygens (including phenoxy) is 1. The van der Waals surface area contributed by atoms with E-state index in [1.54, 1.807) is 12.1 Å². The number of hydrogen-bond donors (Lipinski definition) is 1. The number of carbonyl (C=O) groups excluding carboxylic acids is 1. The first-order chi connectivity index (χ1) is 14.5. The Kier molecular flexibility index (Phi) is 5.44. The highest BCUT2D eigenvalue weighted by molar-refractivity contribution is 5.77. The van der Waals surface area contributed by atoms with Gasteiger partial charge in [0.05, 0.1) is 0 Å². The van der Waals surface area contributed by atoms with Crippen LogP contribution in [0.5, 0.6) is 5.75 Å². The molecule has 0 bridgehead atoms. The molecule has 0 atom stereocenters. The SMILES string of the molecule is Cc1ccc(OCc2ccc(-c3nc(C#N)c(N4CCC(C(N)=O)CC4)o3)o2)cc1. The van der Waals surface area contributed by atoms with Gasteiger partial charge >= 0.3 is 0 Å². The van der Waals surface area contributed by atoms with E-state index in [0.29, 0.717) is 43.3 Å². The number of aromatic nitrogens is 1. The first kappa shape index (κ1) is 19.6. The number of furan rings is 1. The fraction of sp³-hybridized carbons (Fsp3) is 0.318. The van der Waals surface area contributed by atoms with Crippen molar-refractivity contribution in [1.29, 1.82) is 5.26 Å². The number of amides is 1.